The summed E-state index contributed by atoms with van der Waals surface area (Å²) in [6.45, 7) is 4.82. The van der Waals surface area contributed by atoms with Crippen molar-refractivity contribution in [2.75, 3.05) is 26.3 Å². The molecule has 3 rings (SSSR count). The fraction of sp³-hybridized carbons (Fsp3) is 0.600. The highest BCUT2D eigenvalue weighted by Gasteiger charge is 2.46. The van der Waals surface area contributed by atoms with Gasteiger partial charge in [0.15, 0.2) is 5.76 Å². The maximum Gasteiger partial charge on any atom is 0.287 e. The van der Waals surface area contributed by atoms with E-state index < -0.39 is 6.04 Å². The maximum atomic E-state index is 12.3. The highest BCUT2D eigenvalue weighted by molar-refractivity contribution is 5.95. The Bertz CT molecular complexity index is 512. The molecule has 6 nitrogen and oxygen atoms in total. The van der Waals surface area contributed by atoms with Crippen molar-refractivity contribution in [3.8, 4) is 0 Å². The molecule has 1 N–H and O–H groups in total. The molecule has 1 aromatic rings. The van der Waals surface area contributed by atoms with E-state index in [-0.39, 0.29) is 23.0 Å². The molecular weight excluding hydrogens is 272 g/mol. The Morgan fingerprint density at radius 3 is 2.67 bits per heavy atom. The van der Waals surface area contributed by atoms with Crippen molar-refractivity contribution in [3.05, 3.63) is 24.2 Å². The summed E-state index contributed by atoms with van der Waals surface area (Å²) in [6.07, 6.45) is 3.47. The summed E-state index contributed by atoms with van der Waals surface area (Å²) in [5.41, 5.74) is 0.249. The molecule has 1 atom stereocenters. The first-order valence-electron chi connectivity index (χ1n) is 7.31. The average molecular weight is 292 g/mol. The van der Waals surface area contributed by atoms with Crippen molar-refractivity contribution in [2.24, 2.45) is 5.41 Å². The molecule has 2 aliphatic heterocycles. The van der Waals surface area contributed by atoms with Gasteiger partial charge in [0.05, 0.1) is 6.26 Å². The van der Waals surface area contributed by atoms with Crippen molar-refractivity contribution in [1.82, 2.24) is 10.2 Å². The summed E-state index contributed by atoms with van der Waals surface area (Å²) < 4.78 is 10.4. The molecule has 1 spiro atoms. The maximum absolute atomic E-state index is 12.3. The van der Waals surface area contributed by atoms with Crippen LogP contribution in [0.15, 0.2) is 22.8 Å². The molecule has 2 amide bonds. The van der Waals surface area contributed by atoms with Gasteiger partial charge in [-0.25, -0.2) is 0 Å². The van der Waals surface area contributed by atoms with Crippen LogP contribution in [0.1, 0.15) is 30.3 Å². The minimum absolute atomic E-state index is 0.0352. The molecule has 0 saturated carbocycles. The number of rotatable bonds is 3. The number of furan rings is 1. The van der Waals surface area contributed by atoms with Gasteiger partial charge in [0.1, 0.15) is 6.04 Å². The molecule has 114 valence electrons. The number of hydrogen-bond acceptors (Lipinski definition) is 4. The van der Waals surface area contributed by atoms with Crippen LogP contribution in [0.25, 0.3) is 0 Å². The largest absolute Gasteiger partial charge is 0.459 e. The summed E-state index contributed by atoms with van der Waals surface area (Å²) in [4.78, 5) is 26.0. The number of carbonyl (C=O) groups excluding carboxylic acids is 2. The Hall–Kier alpha value is -1.82. The minimum atomic E-state index is -0.542. The Labute approximate surface area is 123 Å². The standard InChI is InChI=1S/C15H20N2O4/c1-11(16-13(18)12-3-2-6-21-12)14(19)17-9-15(10-17)4-7-20-8-5-15/h2-3,6,11H,4-5,7-10H2,1H3,(H,16,18)/t11-/m0/s1. The van der Waals surface area contributed by atoms with Crippen molar-refractivity contribution in [3.63, 3.8) is 0 Å². The van der Waals surface area contributed by atoms with Gasteiger partial charge in [0.2, 0.25) is 5.91 Å². The summed E-state index contributed by atoms with van der Waals surface area (Å²) >= 11 is 0. The van der Waals surface area contributed by atoms with E-state index in [1.807, 2.05) is 4.90 Å². The number of hydrogen-bond donors (Lipinski definition) is 1. The first kappa shape index (κ1) is 14.1. The molecule has 6 heteroatoms. The van der Waals surface area contributed by atoms with Gasteiger partial charge in [-0.2, -0.15) is 0 Å². The Kier molecular flexibility index (Phi) is 3.71. The SMILES string of the molecule is C[C@H](NC(=O)c1ccco1)C(=O)N1CC2(CCOCC2)C1. The predicted molar refractivity (Wildman–Crippen MR) is 74.7 cm³/mol. The van der Waals surface area contributed by atoms with E-state index in [4.69, 9.17) is 9.15 Å². The first-order valence-corrected chi connectivity index (χ1v) is 7.31. The van der Waals surface area contributed by atoms with Crippen LogP contribution in [0.5, 0.6) is 0 Å². The van der Waals surface area contributed by atoms with Crippen LogP contribution in [-0.4, -0.2) is 49.1 Å². The lowest BCUT2D eigenvalue weighted by Gasteiger charge is -2.52. The van der Waals surface area contributed by atoms with Gasteiger partial charge in [-0.3, -0.25) is 9.59 Å². The second-order valence-electron chi connectivity index (χ2n) is 5.98. The van der Waals surface area contributed by atoms with Crippen molar-refractivity contribution in [1.29, 1.82) is 0 Å². The van der Waals surface area contributed by atoms with Gasteiger partial charge >= 0.3 is 0 Å². The lowest BCUT2D eigenvalue weighted by molar-refractivity contribution is -0.151. The molecule has 2 aliphatic rings. The van der Waals surface area contributed by atoms with E-state index in [1.54, 1.807) is 19.1 Å². The van der Waals surface area contributed by atoms with Gasteiger partial charge in [-0.15, -0.1) is 0 Å². The Balaban J connectivity index is 1.51. The molecule has 0 unspecified atom stereocenters. The Morgan fingerprint density at radius 1 is 1.33 bits per heavy atom. The molecule has 0 aliphatic carbocycles. The third-order valence-electron chi connectivity index (χ3n) is 4.38. The van der Waals surface area contributed by atoms with Gasteiger partial charge in [0.25, 0.3) is 5.91 Å². The monoisotopic (exact) mass is 292 g/mol. The number of nitrogens with zero attached hydrogens (tertiary/aromatic N) is 1. The molecule has 2 saturated heterocycles. The average Bonchev–Trinajstić information content (AvgIpc) is 2.99. The molecule has 2 fully saturated rings. The lowest BCUT2D eigenvalue weighted by atomic mass is 9.73. The van der Waals surface area contributed by atoms with Gasteiger partial charge in [-0.05, 0) is 31.9 Å². The van der Waals surface area contributed by atoms with E-state index in [2.05, 4.69) is 5.32 Å². The van der Waals surface area contributed by atoms with Crippen molar-refractivity contribution < 1.29 is 18.7 Å². The fourth-order valence-electron chi connectivity index (χ4n) is 3.05. The summed E-state index contributed by atoms with van der Waals surface area (Å²) in [5.74, 6) is -0.173. The molecule has 21 heavy (non-hydrogen) atoms. The second-order valence-corrected chi connectivity index (χ2v) is 5.98. The molecular formula is C15H20N2O4. The van der Waals surface area contributed by atoms with Gasteiger partial charge in [0, 0.05) is 31.7 Å². The summed E-state index contributed by atoms with van der Waals surface area (Å²) in [7, 11) is 0. The fourth-order valence-corrected chi connectivity index (χ4v) is 3.05. The van der Waals surface area contributed by atoms with Crippen LogP contribution >= 0.6 is 0 Å². The lowest BCUT2D eigenvalue weighted by Crippen LogP contribution is -2.63. The first-order chi connectivity index (χ1) is 10.1. The van der Waals surface area contributed by atoms with E-state index in [9.17, 15) is 9.59 Å². The van der Waals surface area contributed by atoms with Crippen molar-refractivity contribution in [2.45, 2.75) is 25.8 Å². The topological polar surface area (TPSA) is 71.8 Å². The van der Waals surface area contributed by atoms with Gasteiger partial charge in [-0.1, -0.05) is 0 Å². The molecule has 0 aromatic carbocycles. The van der Waals surface area contributed by atoms with Crippen LogP contribution < -0.4 is 5.32 Å². The van der Waals surface area contributed by atoms with E-state index in [0.717, 1.165) is 39.1 Å². The molecule has 0 bridgehead atoms. The van der Waals surface area contributed by atoms with Crippen LogP contribution in [0, 0.1) is 5.41 Å². The van der Waals surface area contributed by atoms with Crippen LogP contribution in [0.3, 0.4) is 0 Å². The van der Waals surface area contributed by atoms with Crippen LogP contribution in [0.2, 0.25) is 0 Å². The highest BCUT2D eigenvalue weighted by Crippen LogP contribution is 2.39. The quantitative estimate of drug-likeness (QED) is 0.903. The van der Waals surface area contributed by atoms with Crippen LogP contribution in [-0.2, 0) is 9.53 Å². The zero-order chi connectivity index (χ0) is 14.9. The number of amides is 2. The van der Waals surface area contributed by atoms with E-state index in [0.29, 0.717) is 0 Å². The third kappa shape index (κ3) is 2.81. The number of nitrogens with one attached hydrogen (secondary N) is 1. The zero-order valence-electron chi connectivity index (χ0n) is 12.1. The second kappa shape index (κ2) is 5.52. The van der Waals surface area contributed by atoms with E-state index in [1.165, 1.54) is 6.26 Å². The van der Waals surface area contributed by atoms with E-state index >= 15 is 0 Å². The summed E-state index contributed by atoms with van der Waals surface area (Å²) in [6, 6.07) is 2.68. The smallest absolute Gasteiger partial charge is 0.287 e. The van der Waals surface area contributed by atoms with Gasteiger partial charge < -0.3 is 19.4 Å². The van der Waals surface area contributed by atoms with Crippen LogP contribution in [0.4, 0.5) is 0 Å². The normalized spacial score (nSPS) is 21.7. The molecule has 1 aromatic heterocycles. The highest BCUT2D eigenvalue weighted by atomic mass is 16.5. The molecule has 0 radical (unpaired) electrons. The van der Waals surface area contributed by atoms with Crippen molar-refractivity contribution >= 4 is 11.8 Å². The number of carbonyl (C=O) groups is 2. The number of likely N-dealkylation sites (tertiary alicyclic amines) is 1. The predicted octanol–water partition coefficient (Wildman–Crippen LogP) is 1.04. The minimum Gasteiger partial charge on any atom is -0.459 e. The zero-order valence-corrected chi connectivity index (χ0v) is 12.1. The number of ether oxygens (including phenoxy) is 1. The Morgan fingerprint density at radius 2 is 2.05 bits per heavy atom. The third-order valence-corrected chi connectivity index (χ3v) is 4.38. The molecule has 3 heterocycles. The summed E-state index contributed by atoms with van der Waals surface area (Å²) in [5, 5.41) is 2.67.